The fraction of sp³-hybridized carbons (Fsp3) is 0.500. The molecule has 1 saturated carbocycles. The first-order valence-corrected chi connectivity index (χ1v) is 10.1. The molecule has 0 bridgehead atoms. The van der Waals surface area contributed by atoms with Crippen LogP contribution in [0, 0.1) is 0 Å². The van der Waals surface area contributed by atoms with Crippen LogP contribution in [0.15, 0.2) is 29.2 Å². The Kier molecular flexibility index (Phi) is 5.65. The monoisotopic (exact) mass is 344 g/mol. The van der Waals surface area contributed by atoms with Gasteiger partial charge in [0.05, 0.1) is 4.90 Å². The predicted octanol–water partition coefficient (Wildman–Crippen LogP) is 2.27. The molecule has 2 rings (SSSR count). The normalized spacial score (nSPS) is 22.9. The van der Waals surface area contributed by atoms with Crippen LogP contribution in [0.3, 0.4) is 0 Å². The Morgan fingerprint density at radius 3 is 2.86 bits per heavy atom. The highest BCUT2D eigenvalue weighted by molar-refractivity contribution is 7.99. The highest BCUT2D eigenvalue weighted by atomic mass is 32.2. The third-order valence-corrected chi connectivity index (χ3v) is 6.56. The van der Waals surface area contributed by atoms with Crippen LogP contribution in [0.5, 0.6) is 0 Å². The van der Waals surface area contributed by atoms with Crippen LogP contribution in [0.25, 0.3) is 0 Å². The summed E-state index contributed by atoms with van der Waals surface area (Å²) in [5.74, 6) is 0. The van der Waals surface area contributed by atoms with Crippen molar-refractivity contribution in [3.8, 4) is 0 Å². The third kappa shape index (κ3) is 4.42. The Hall–Kier alpha value is -0.630. The number of rotatable bonds is 5. The summed E-state index contributed by atoms with van der Waals surface area (Å²) in [6.45, 7) is 0. The van der Waals surface area contributed by atoms with Gasteiger partial charge < -0.3 is 5.73 Å². The molecule has 21 heavy (non-hydrogen) atoms. The lowest BCUT2D eigenvalue weighted by Gasteiger charge is -2.28. The van der Waals surface area contributed by atoms with Gasteiger partial charge in [-0.25, -0.2) is 13.1 Å². The lowest BCUT2D eigenvalue weighted by Crippen LogP contribution is -2.39. The molecule has 116 valence electrons. The summed E-state index contributed by atoms with van der Waals surface area (Å²) in [4.78, 5) is 0.422. The minimum atomic E-state index is -3.52. The number of benzene rings is 1. The minimum absolute atomic E-state index is 0.00897. The minimum Gasteiger partial charge on any atom is -0.389 e. The van der Waals surface area contributed by atoms with Crippen LogP contribution in [0.2, 0.25) is 0 Å². The Bertz CT molecular complexity index is 616. The van der Waals surface area contributed by atoms with Gasteiger partial charge in [-0.3, -0.25) is 0 Å². The SMILES string of the molecule is CSC1CCCC(NS(=O)(=O)c2cccc(C(N)=S)c2)C1. The van der Waals surface area contributed by atoms with E-state index in [0.29, 0.717) is 10.8 Å². The van der Waals surface area contributed by atoms with E-state index in [1.165, 1.54) is 6.07 Å². The molecule has 1 aromatic carbocycles. The molecular weight excluding hydrogens is 324 g/mol. The number of sulfonamides is 1. The lowest BCUT2D eigenvalue weighted by molar-refractivity contribution is 0.421. The first-order valence-electron chi connectivity index (χ1n) is 6.87. The molecule has 0 radical (unpaired) electrons. The molecule has 0 amide bonds. The molecule has 0 heterocycles. The number of thioether (sulfide) groups is 1. The topological polar surface area (TPSA) is 72.2 Å². The second kappa shape index (κ2) is 7.09. The maximum atomic E-state index is 12.5. The Labute approximate surface area is 135 Å². The summed E-state index contributed by atoms with van der Waals surface area (Å²) in [5, 5.41) is 0.536. The van der Waals surface area contributed by atoms with Crippen LogP contribution >= 0.6 is 24.0 Å². The van der Waals surface area contributed by atoms with Gasteiger partial charge in [0, 0.05) is 16.9 Å². The second-order valence-corrected chi connectivity index (χ2v) is 8.53. The highest BCUT2D eigenvalue weighted by Crippen LogP contribution is 2.27. The largest absolute Gasteiger partial charge is 0.389 e. The molecule has 1 fully saturated rings. The average molecular weight is 345 g/mol. The summed E-state index contributed by atoms with van der Waals surface area (Å²) in [6.07, 6.45) is 6.08. The molecular formula is C14H20N2O2S3. The van der Waals surface area contributed by atoms with Gasteiger partial charge in [0.1, 0.15) is 4.99 Å². The van der Waals surface area contributed by atoms with Gasteiger partial charge in [0.15, 0.2) is 0 Å². The van der Waals surface area contributed by atoms with Crippen molar-refractivity contribution < 1.29 is 8.42 Å². The van der Waals surface area contributed by atoms with E-state index in [0.717, 1.165) is 25.7 Å². The maximum Gasteiger partial charge on any atom is 0.240 e. The summed E-state index contributed by atoms with van der Waals surface area (Å²) < 4.78 is 27.8. The van der Waals surface area contributed by atoms with Crippen molar-refractivity contribution in [1.29, 1.82) is 0 Å². The van der Waals surface area contributed by atoms with E-state index in [2.05, 4.69) is 11.0 Å². The number of hydrogen-bond donors (Lipinski definition) is 2. The predicted molar refractivity (Wildman–Crippen MR) is 92.2 cm³/mol. The quantitative estimate of drug-likeness (QED) is 0.802. The van der Waals surface area contributed by atoms with Gasteiger partial charge in [-0.2, -0.15) is 11.8 Å². The van der Waals surface area contributed by atoms with E-state index in [-0.39, 0.29) is 15.9 Å². The number of nitrogens with two attached hydrogens (primary N) is 1. The maximum absolute atomic E-state index is 12.5. The molecule has 1 aliphatic rings. The second-order valence-electron chi connectivity index (χ2n) is 5.23. The van der Waals surface area contributed by atoms with E-state index in [4.69, 9.17) is 18.0 Å². The molecule has 0 aliphatic heterocycles. The van der Waals surface area contributed by atoms with Crippen molar-refractivity contribution >= 4 is 39.0 Å². The van der Waals surface area contributed by atoms with Crippen LogP contribution in [0.1, 0.15) is 31.2 Å². The van der Waals surface area contributed by atoms with Gasteiger partial charge >= 0.3 is 0 Å². The molecule has 7 heteroatoms. The Morgan fingerprint density at radius 2 is 2.19 bits per heavy atom. The van der Waals surface area contributed by atoms with Crippen molar-refractivity contribution in [3.05, 3.63) is 29.8 Å². The molecule has 2 atom stereocenters. The van der Waals surface area contributed by atoms with Crippen molar-refractivity contribution in [1.82, 2.24) is 4.72 Å². The third-order valence-electron chi connectivity index (χ3n) is 3.71. The molecule has 0 spiro atoms. The van der Waals surface area contributed by atoms with Crippen molar-refractivity contribution in [2.75, 3.05) is 6.26 Å². The standard InChI is InChI=1S/C14H20N2O2S3/c1-20-12-6-3-5-11(9-12)16-21(17,18)13-7-2-4-10(8-13)14(15)19/h2,4,7-8,11-12,16H,3,5-6,9H2,1H3,(H2,15,19). The smallest absolute Gasteiger partial charge is 0.240 e. The lowest BCUT2D eigenvalue weighted by atomic mass is 9.96. The number of thiocarbonyl (C=S) groups is 1. The summed E-state index contributed by atoms with van der Waals surface area (Å²) in [5.41, 5.74) is 6.13. The van der Waals surface area contributed by atoms with E-state index < -0.39 is 10.0 Å². The van der Waals surface area contributed by atoms with E-state index in [9.17, 15) is 8.42 Å². The zero-order chi connectivity index (χ0) is 15.5. The zero-order valence-electron chi connectivity index (χ0n) is 11.9. The van der Waals surface area contributed by atoms with Crippen LogP contribution in [0.4, 0.5) is 0 Å². The van der Waals surface area contributed by atoms with Gasteiger partial charge in [0.25, 0.3) is 0 Å². The Balaban J connectivity index is 2.14. The fourth-order valence-electron chi connectivity index (χ4n) is 2.57. The molecule has 2 unspecified atom stereocenters. The number of hydrogen-bond acceptors (Lipinski definition) is 4. The first kappa shape index (κ1) is 16.7. The molecule has 3 N–H and O–H groups in total. The van der Waals surface area contributed by atoms with E-state index >= 15 is 0 Å². The van der Waals surface area contributed by atoms with Crippen LogP contribution in [-0.2, 0) is 10.0 Å². The van der Waals surface area contributed by atoms with Gasteiger partial charge in [-0.05, 0) is 37.7 Å². The molecule has 4 nitrogen and oxygen atoms in total. The average Bonchev–Trinajstić information content (AvgIpc) is 2.47. The first-order chi connectivity index (χ1) is 9.92. The van der Waals surface area contributed by atoms with Gasteiger partial charge in [-0.15, -0.1) is 0 Å². The molecule has 1 aliphatic carbocycles. The molecule has 0 aromatic heterocycles. The zero-order valence-corrected chi connectivity index (χ0v) is 14.4. The van der Waals surface area contributed by atoms with Crippen LogP contribution in [-0.4, -0.2) is 31.0 Å². The van der Waals surface area contributed by atoms with Crippen molar-refractivity contribution in [2.24, 2.45) is 5.73 Å². The van der Waals surface area contributed by atoms with Crippen molar-refractivity contribution in [3.63, 3.8) is 0 Å². The summed E-state index contributed by atoms with van der Waals surface area (Å²) in [6, 6.07) is 6.48. The van der Waals surface area contributed by atoms with Crippen molar-refractivity contribution in [2.45, 2.75) is 41.9 Å². The van der Waals surface area contributed by atoms with Gasteiger partial charge in [0.2, 0.25) is 10.0 Å². The van der Waals surface area contributed by atoms with E-state index in [1.807, 2.05) is 11.8 Å². The fourth-order valence-corrected chi connectivity index (χ4v) is 4.85. The summed E-state index contributed by atoms with van der Waals surface area (Å²) in [7, 11) is -3.52. The summed E-state index contributed by atoms with van der Waals surface area (Å²) >= 11 is 6.71. The molecule has 0 saturated heterocycles. The Morgan fingerprint density at radius 1 is 1.43 bits per heavy atom. The number of nitrogens with one attached hydrogen (secondary N) is 1. The highest BCUT2D eigenvalue weighted by Gasteiger charge is 2.26. The van der Waals surface area contributed by atoms with E-state index in [1.54, 1.807) is 18.2 Å². The van der Waals surface area contributed by atoms with Crippen LogP contribution < -0.4 is 10.5 Å². The molecule has 1 aromatic rings. The van der Waals surface area contributed by atoms with Gasteiger partial charge in [-0.1, -0.05) is 30.8 Å².